The van der Waals surface area contributed by atoms with E-state index >= 15 is 0 Å². The zero-order chi connectivity index (χ0) is 16.2. The third-order valence-electron chi connectivity index (χ3n) is 3.73. The number of amides is 2. The number of carbonyl (C=O) groups excluding carboxylic acids is 1. The summed E-state index contributed by atoms with van der Waals surface area (Å²) < 4.78 is 28.8. The van der Waals surface area contributed by atoms with Crippen molar-refractivity contribution in [3.05, 3.63) is 59.7 Å². The van der Waals surface area contributed by atoms with Crippen LogP contribution >= 0.6 is 0 Å². The molecule has 1 aliphatic rings. The van der Waals surface area contributed by atoms with Crippen molar-refractivity contribution in [1.82, 2.24) is 4.90 Å². The molecule has 0 atom stereocenters. The molecule has 2 aromatic rings. The fraction of sp³-hybridized carbons (Fsp3) is 0.235. The number of hydrogen-bond donors (Lipinski definition) is 1. The van der Waals surface area contributed by atoms with Crippen molar-refractivity contribution >= 4 is 11.7 Å². The number of alkyl halides is 2. The summed E-state index contributed by atoms with van der Waals surface area (Å²) in [5, 5.41) is 2.72. The molecular formula is C17H16F2N2O2. The summed E-state index contributed by atoms with van der Waals surface area (Å²) in [5.74, 6) is 0.0155. The number of fused-ring (bicyclic) bond motifs is 1. The number of urea groups is 1. The highest BCUT2D eigenvalue weighted by molar-refractivity contribution is 5.89. The first-order chi connectivity index (χ1) is 11.1. The molecule has 0 aromatic heterocycles. The summed E-state index contributed by atoms with van der Waals surface area (Å²) in [6.45, 7) is -1.73. The van der Waals surface area contributed by atoms with Gasteiger partial charge in [-0.25, -0.2) is 4.79 Å². The number of rotatable bonds is 3. The number of anilines is 1. The Balaban J connectivity index is 1.66. The molecule has 1 aliphatic heterocycles. The Morgan fingerprint density at radius 1 is 1.13 bits per heavy atom. The normalized spacial score (nSPS) is 13.6. The highest BCUT2D eigenvalue weighted by Gasteiger charge is 2.20. The average Bonchev–Trinajstić information content (AvgIpc) is 2.54. The number of nitrogens with zero attached hydrogens (tertiary/aromatic N) is 1. The lowest BCUT2D eigenvalue weighted by atomic mass is 10.0. The Morgan fingerprint density at radius 2 is 1.91 bits per heavy atom. The van der Waals surface area contributed by atoms with Crippen LogP contribution in [0.2, 0.25) is 0 Å². The van der Waals surface area contributed by atoms with E-state index in [0.717, 1.165) is 12.0 Å². The number of carbonyl (C=O) groups is 1. The third-order valence-corrected chi connectivity index (χ3v) is 3.73. The molecule has 4 nitrogen and oxygen atoms in total. The van der Waals surface area contributed by atoms with Crippen molar-refractivity contribution in [2.45, 2.75) is 19.6 Å². The number of ether oxygens (including phenoxy) is 1. The van der Waals surface area contributed by atoms with E-state index in [1.807, 2.05) is 18.2 Å². The van der Waals surface area contributed by atoms with Gasteiger partial charge in [0.25, 0.3) is 0 Å². The van der Waals surface area contributed by atoms with Gasteiger partial charge < -0.3 is 15.0 Å². The van der Waals surface area contributed by atoms with Gasteiger partial charge in [-0.1, -0.05) is 30.3 Å². The van der Waals surface area contributed by atoms with Gasteiger partial charge in [-0.3, -0.25) is 0 Å². The van der Waals surface area contributed by atoms with E-state index in [9.17, 15) is 13.6 Å². The minimum absolute atomic E-state index is 0.0155. The van der Waals surface area contributed by atoms with E-state index in [1.165, 1.54) is 17.7 Å². The number of benzene rings is 2. The highest BCUT2D eigenvalue weighted by atomic mass is 19.3. The fourth-order valence-corrected chi connectivity index (χ4v) is 2.62. The second-order valence-corrected chi connectivity index (χ2v) is 5.28. The first kappa shape index (κ1) is 15.3. The summed E-state index contributed by atoms with van der Waals surface area (Å²) in [4.78, 5) is 14.0. The molecule has 0 unspecified atom stereocenters. The minimum Gasteiger partial charge on any atom is -0.435 e. The van der Waals surface area contributed by atoms with Gasteiger partial charge in [0.05, 0.1) is 0 Å². The molecule has 0 radical (unpaired) electrons. The molecule has 1 N–H and O–H groups in total. The van der Waals surface area contributed by atoms with Crippen LogP contribution in [0.3, 0.4) is 0 Å². The van der Waals surface area contributed by atoms with Gasteiger partial charge in [0.1, 0.15) is 5.75 Å². The van der Waals surface area contributed by atoms with Crippen LogP contribution < -0.4 is 10.1 Å². The lowest BCUT2D eigenvalue weighted by molar-refractivity contribution is -0.0497. The molecular weight excluding hydrogens is 302 g/mol. The van der Waals surface area contributed by atoms with Crippen LogP contribution in [0.5, 0.6) is 5.75 Å². The lowest BCUT2D eigenvalue weighted by Gasteiger charge is -2.29. The Labute approximate surface area is 132 Å². The number of hydrogen-bond acceptors (Lipinski definition) is 2. The second-order valence-electron chi connectivity index (χ2n) is 5.28. The van der Waals surface area contributed by atoms with Crippen LogP contribution in [0.4, 0.5) is 19.3 Å². The molecule has 2 amide bonds. The molecule has 0 bridgehead atoms. The minimum atomic E-state index is -2.89. The molecule has 6 heteroatoms. The molecule has 0 fully saturated rings. The van der Waals surface area contributed by atoms with Gasteiger partial charge in [-0.2, -0.15) is 8.78 Å². The maximum absolute atomic E-state index is 12.3. The van der Waals surface area contributed by atoms with Crippen LogP contribution in [0.15, 0.2) is 48.5 Å². The van der Waals surface area contributed by atoms with E-state index in [-0.39, 0.29) is 11.8 Å². The molecule has 0 spiro atoms. The Morgan fingerprint density at radius 3 is 2.70 bits per heavy atom. The SMILES string of the molecule is O=C(Nc1cccc(OC(F)F)c1)N1CCc2ccccc2C1. The van der Waals surface area contributed by atoms with Gasteiger partial charge in [-0.15, -0.1) is 0 Å². The van der Waals surface area contributed by atoms with Crippen molar-refractivity contribution in [2.24, 2.45) is 0 Å². The molecule has 0 saturated heterocycles. The number of halogens is 2. The van der Waals surface area contributed by atoms with Gasteiger partial charge in [0, 0.05) is 24.8 Å². The van der Waals surface area contributed by atoms with E-state index in [4.69, 9.17) is 0 Å². The Kier molecular flexibility index (Phi) is 4.41. The highest BCUT2D eigenvalue weighted by Crippen LogP contribution is 2.22. The molecule has 0 aliphatic carbocycles. The zero-order valence-electron chi connectivity index (χ0n) is 12.3. The van der Waals surface area contributed by atoms with E-state index in [1.54, 1.807) is 17.0 Å². The zero-order valence-corrected chi connectivity index (χ0v) is 12.3. The second kappa shape index (κ2) is 6.64. The van der Waals surface area contributed by atoms with E-state index < -0.39 is 6.61 Å². The molecule has 1 heterocycles. The summed E-state index contributed by atoms with van der Waals surface area (Å²) in [5.41, 5.74) is 2.81. The molecule has 120 valence electrons. The molecule has 2 aromatic carbocycles. The van der Waals surface area contributed by atoms with Gasteiger partial charge in [-0.05, 0) is 29.7 Å². The van der Waals surface area contributed by atoms with Crippen molar-refractivity contribution in [2.75, 3.05) is 11.9 Å². The summed E-state index contributed by atoms with van der Waals surface area (Å²) in [6.07, 6.45) is 0.804. The average molecular weight is 318 g/mol. The van der Waals surface area contributed by atoms with E-state index in [2.05, 4.69) is 16.1 Å². The molecule has 0 saturated carbocycles. The summed E-state index contributed by atoms with van der Waals surface area (Å²) >= 11 is 0. The van der Waals surface area contributed by atoms with Crippen LogP contribution in [-0.2, 0) is 13.0 Å². The first-order valence-corrected chi connectivity index (χ1v) is 7.29. The smallest absolute Gasteiger partial charge is 0.387 e. The predicted octanol–water partition coefficient (Wildman–Crippen LogP) is 3.88. The Bertz CT molecular complexity index is 706. The fourth-order valence-electron chi connectivity index (χ4n) is 2.62. The molecule has 23 heavy (non-hydrogen) atoms. The monoisotopic (exact) mass is 318 g/mol. The summed E-state index contributed by atoms with van der Waals surface area (Å²) in [6, 6.07) is 13.7. The van der Waals surface area contributed by atoms with E-state index in [0.29, 0.717) is 18.8 Å². The van der Waals surface area contributed by atoms with Crippen molar-refractivity contribution in [3.63, 3.8) is 0 Å². The lowest BCUT2D eigenvalue weighted by Crippen LogP contribution is -2.38. The van der Waals surface area contributed by atoms with Crippen LogP contribution in [0.25, 0.3) is 0 Å². The number of nitrogens with one attached hydrogen (secondary N) is 1. The van der Waals surface area contributed by atoms with Crippen LogP contribution in [0, 0.1) is 0 Å². The van der Waals surface area contributed by atoms with Crippen molar-refractivity contribution < 1.29 is 18.3 Å². The van der Waals surface area contributed by atoms with Crippen LogP contribution in [0.1, 0.15) is 11.1 Å². The first-order valence-electron chi connectivity index (χ1n) is 7.29. The maximum atomic E-state index is 12.3. The summed E-state index contributed by atoms with van der Waals surface area (Å²) in [7, 11) is 0. The van der Waals surface area contributed by atoms with Gasteiger partial charge in [0.15, 0.2) is 0 Å². The topological polar surface area (TPSA) is 41.6 Å². The predicted molar refractivity (Wildman–Crippen MR) is 82.6 cm³/mol. The van der Waals surface area contributed by atoms with Crippen molar-refractivity contribution in [1.29, 1.82) is 0 Å². The maximum Gasteiger partial charge on any atom is 0.387 e. The third kappa shape index (κ3) is 3.77. The molecule has 3 rings (SSSR count). The largest absolute Gasteiger partial charge is 0.435 e. The standard InChI is InChI=1S/C17H16F2N2O2/c18-16(19)23-15-7-3-6-14(10-15)20-17(22)21-9-8-12-4-1-2-5-13(12)11-21/h1-7,10,16H,8-9,11H2,(H,20,22). The van der Waals surface area contributed by atoms with Gasteiger partial charge in [0.2, 0.25) is 0 Å². The Hall–Kier alpha value is -2.63. The van der Waals surface area contributed by atoms with Gasteiger partial charge >= 0.3 is 12.6 Å². The van der Waals surface area contributed by atoms with Crippen molar-refractivity contribution in [3.8, 4) is 5.75 Å². The quantitative estimate of drug-likeness (QED) is 0.933. The van der Waals surface area contributed by atoms with Crippen LogP contribution in [-0.4, -0.2) is 24.1 Å².